The average molecular weight is 458 g/mol. The van der Waals surface area contributed by atoms with Gasteiger partial charge in [-0.05, 0) is 49.7 Å². The van der Waals surface area contributed by atoms with Crippen molar-refractivity contribution < 1.29 is 35.9 Å². The normalized spacial score (nSPS) is 11.4. The highest BCUT2D eigenvalue weighted by atomic mass is 32.2. The SMILES string of the molecule is CCCN(CC(=O)Nc1ccc(F)c(F)c1F)S(=O)(=O)c1ccc(C(=O)OCC)cc1. The number of esters is 1. The Morgan fingerprint density at radius 3 is 2.23 bits per heavy atom. The van der Waals surface area contributed by atoms with Gasteiger partial charge in [-0.1, -0.05) is 6.92 Å². The van der Waals surface area contributed by atoms with E-state index in [1.165, 1.54) is 24.3 Å². The summed E-state index contributed by atoms with van der Waals surface area (Å²) in [5, 5.41) is 2.04. The van der Waals surface area contributed by atoms with Crippen LogP contribution in [-0.4, -0.2) is 44.3 Å². The third-order valence-electron chi connectivity index (χ3n) is 4.11. The first kappa shape index (κ1) is 24.4. The maximum absolute atomic E-state index is 13.8. The molecule has 0 aliphatic rings. The number of ether oxygens (including phenoxy) is 1. The third kappa shape index (κ3) is 5.82. The van der Waals surface area contributed by atoms with E-state index in [-0.39, 0.29) is 23.6 Å². The molecule has 2 aromatic rings. The number of hydrogen-bond acceptors (Lipinski definition) is 5. The summed E-state index contributed by atoms with van der Waals surface area (Å²) >= 11 is 0. The number of carbonyl (C=O) groups is 2. The molecule has 0 unspecified atom stereocenters. The van der Waals surface area contributed by atoms with Gasteiger partial charge in [0, 0.05) is 6.54 Å². The molecule has 0 aromatic heterocycles. The van der Waals surface area contributed by atoms with Gasteiger partial charge in [-0.3, -0.25) is 4.79 Å². The molecule has 0 bridgehead atoms. The fourth-order valence-corrected chi connectivity index (χ4v) is 4.12. The predicted molar refractivity (Wildman–Crippen MR) is 106 cm³/mol. The first-order valence-electron chi connectivity index (χ1n) is 9.32. The monoisotopic (exact) mass is 458 g/mol. The Balaban J connectivity index is 2.21. The van der Waals surface area contributed by atoms with Gasteiger partial charge in [0.1, 0.15) is 0 Å². The highest BCUT2D eigenvalue weighted by Gasteiger charge is 2.27. The van der Waals surface area contributed by atoms with E-state index < -0.39 is 51.6 Å². The van der Waals surface area contributed by atoms with E-state index in [9.17, 15) is 31.2 Å². The van der Waals surface area contributed by atoms with Crippen LogP contribution in [0.3, 0.4) is 0 Å². The number of hydrogen-bond donors (Lipinski definition) is 1. The van der Waals surface area contributed by atoms with Gasteiger partial charge in [0.25, 0.3) is 0 Å². The van der Waals surface area contributed by atoms with Gasteiger partial charge in [-0.2, -0.15) is 4.31 Å². The average Bonchev–Trinajstić information content (AvgIpc) is 2.74. The standard InChI is InChI=1S/C20H21F3N2O5S/c1-3-11-25(12-17(26)24-16-10-9-15(21)18(22)19(16)23)31(28,29)14-7-5-13(6-8-14)20(27)30-4-2/h5-10H,3-4,11-12H2,1-2H3,(H,24,26). The number of nitrogens with one attached hydrogen (secondary N) is 1. The van der Waals surface area contributed by atoms with Crippen molar-refractivity contribution in [3.05, 3.63) is 59.4 Å². The molecular weight excluding hydrogens is 437 g/mol. The largest absolute Gasteiger partial charge is 0.462 e. The van der Waals surface area contributed by atoms with Crippen LogP contribution in [0.25, 0.3) is 0 Å². The number of carbonyl (C=O) groups excluding carboxylic acids is 2. The Kier molecular flexibility index (Phi) is 8.17. The molecule has 1 N–H and O–H groups in total. The molecule has 168 valence electrons. The number of amides is 1. The topological polar surface area (TPSA) is 92.8 Å². The smallest absolute Gasteiger partial charge is 0.338 e. The second-order valence-electron chi connectivity index (χ2n) is 6.35. The summed E-state index contributed by atoms with van der Waals surface area (Å²) in [5.74, 6) is -6.31. The van der Waals surface area contributed by atoms with Gasteiger partial charge in [0.05, 0.1) is 29.3 Å². The molecule has 0 saturated heterocycles. The zero-order valence-electron chi connectivity index (χ0n) is 16.8. The summed E-state index contributed by atoms with van der Waals surface area (Å²) < 4.78 is 71.7. The second kappa shape index (κ2) is 10.4. The molecule has 2 aromatic carbocycles. The molecule has 0 heterocycles. The number of halogens is 3. The van der Waals surface area contributed by atoms with Gasteiger partial charge in [0.2, 0.25) is 15.9 Å². The molecule has 2 rings (SSSR count). The maximum atomic E-state index is 13.8. The molecule has 0 fully saturated rings. The molecule has 11 heteroatoms. The van der Waals surface area contributed by atoms with E-state index in [0.717, 1.165) is 10.4 Å². The van der Waals surface area contributed by atoms with Crippen LogP contribution in [-0.2, 0) is 19.6 Å². The molecule has 31 heavy (non-hydrogen) atoms. The van der Waals surface area contributed by atoms with Crippen molar-refractivity contribution in [3.63, 3.8) is 0 Å². The second-order valence-corrected chi connectivity index (χ2v) is 8.29. The maximum Gasteiger partial charge on any atom is 0.338 e. The number of benzene rings is 2. The first-order chi connectivity index (χ1) is 14.6. The Hall–Kier alpha value is -2.92. The van der Waals surface area contributed by atoms with E-state index in [4.69, 9.17) is 4.74 Å². The van der Waals surface area contributed by atoms with Gasteiger partial charge in [-0.25, -0.2) is 26.4 Å². The molecular formula is C20H21F3N2O5S. The number of rotatable bonds is 9. The van der Waals surface area contributed by atoms with E-state index in [0.29, 0.717) is 12.5 Å². The minimum Gasteiger partial charge on any atom is -0.462 e. The zero-order chi connectivity index (χ0) is 23.2. The van der Waals surface area contributed by atoms with E-state index in [1.54, 1.807) is 13.8 Å². The van der Waals surface area contributed by atoms with Crippen LogP contribution >= 0.6 is 0 Å². The van der Waals surface area contributed by atoms with Crippen LogP contribution < -0.4 is 5.32 Å². The lowest BCUT2D eigenvalue weighted by Gasteiger charge is -2.21. The molecule has 0 saturated carbocycles. The van der Waals surface area contributed by atoms with Crippen LogP contribution in [0, 0.1) is 17.5 Å². The van der Waals surface area contributed by atoms with Crippen molar-refractivity contribution >= 4 is 27.6 Å². The van der Waals surface area contributed by atoms with Crippen molar-refractivity contribution in [1.29, 1.82) is 0 Å². The number of anilines is 1. The Bertz CT molecular complexity index is 1060. The molecule has 1 amide bonds. The predicted octanol–water partition coefficient (Wildman–Crippen LogP) is 3.32. The summed E-state index contributed by atoms with van der Waals surface area (Å²) in [4.78, 5) is 23.8. The number of nitrogens with zero attached hydrogens (tertiary/aromatic N) is 1. The minimum atomic E-state index is -4.14. The van der Waals surface area contributed by atoms with Crippen LogP contribution in [0.15, 0.2) is 41.3 Å². The van der Waals surface area contributed by atoms with Gasteiger partial charge < -0.3 is 10.1 Å². The van der Waals surface area contributed by atoms with Gasteiger partial charge in [0.15, 0.2) is 17.5 Å². The molecule has 0 radical (unpaired) electrons. The van der Waals surface area contributed by atoms with Gasteiger partial charge >= 0.3 is 5.97 Å². The summed E-state index contributed by atoms with van der Waals surface area (Å²) in [5.41, 5.74) is -0.453. The fraction of sp³-hybridized carbons (Fsp3) is 0.300. The van der Waals surface area contributed by atoms with Crippen molar-refractivity contribution in [2.45, 2.75) is 25.2 Å². The molecule has 0 aliphatic carbocycles. The lowest BCUT2D eigenvalue weighted by atomic mass is 10.2. The Morgan fingerprint density at radius 1 is 1.00 bits per heavy atom. The summed E-state index contributed by atoms with van der Waals surface area (Å²) in [7, 11) is -4.14. The van der Waals surface area contributed by atoms with Crippen molar-refractivity contribution in [2.24, 2.45) is 0 Å². The Labute approximate surface area is 177 Å². The highest BCUT2D eigenvalue weighted by Crippen LogP contribution is 2.21. The first-order valence-corrected chi connectivity index (χ1v) is 10.8. The quantitative estimate of drug-likeness (QED) is 0.460. The van der Waals surface area contributed by atoms with Crippen molar-refractivity contribution in [1.82, 2.24) is 4.31 Å². The Morgan fingerprint density at radius 2 is 1.65 bits per heavy atom. The van der Waals surface area contributed by atoms with Gasteiger partial charge in [-0.15, -0.1) is 0 Å². The van der Waals surface area contributed by atoms with Crippen molar-refractivity contribution in [2.75, 3.05) is 25.0 Å². The van der Waals surface area contributed by atoms with E-state index in [2.05, 4.69) is 0 Å². The highest BCUT2D eigenvalue weighted by molar-refractivity contribution is 7.89. The van der Waals surface area contributed by atoms with E-state index in [1.807, 2.05) is 5.32 Å². The zero-order valence-corrected chi connectivity index (χ0v) is 17.6. The van der Waals surface area contributed by atoms with Crippen molar-refractivity contribution in [3.8, 4) is 0 Å². The summed E-state index contributed by atoms with van der Waals surface area (Å²) in [6, 6.07) is 6.45. The summed E-state index contributed by atoms with van der Waals surface area (Å²) in [6.45, 7) is 2.77. The molecule has 0 aliphatic heterocycles. The van der Waals surface area contributed by atoms with E-state index >= 15 is 0 Å². The number of sulfonamides is 1. The minimum absolute atomic E-state index is 0.0321. The molecule has 0 spiro atoms. The van der Waals surface area contributed by atoms with Crippen LogP contribution in [0.1, 0.15) is 30.6 Å². The fourth-order valence-electron chi connectivity index (χ4n) is 2.63. The lowest BCUT2D eigenvalue weighted by Crippen LogP contribution is -2.38. The molecule has 0 atom stereocenters. The lowest BCUT2D eigenvalue weighted by molar-refractivity contribution is -0.116. The summed E-state index contributed by atoms with van der Waals surface area (Å²) in [6.07, 6.45) is 0.368. The van der Waals surface area contributed by atoms with Crippen LogP contribution in [0.4, 0.5) is 18.9 Å². The van der Waals surface area contributed by atoms with Crippen LogP contribution in [0.5, 0.6) is 0 Å². The third-order valence-corrected chi connectivity index (χ3v) is 5.96. The molecule has 7 nitrogen and oxygen atoms in total. The van der Waals surface area contributed by atoms with Crippen LogP contribution in [0.2, 0.25) is 0 Å².